The van der Waals surface area contributed by atoms with Crippen LogP contribution in [0.4, 0.5) is 11.8 Å². The lowest BCUT2D eigenvalue weighted by Gasteiger charge is -2.35. The predicted octanol–water partition coefficient (Wildman–Crippen LogP) is 2.78. The van der Waals surface area contributed by atoms with Crippen molar-refractivity contribution >= 4 is 11.8 Å². The lowest BCUT2D eigenvalue weighted by atomic mass is 9.94. The van der Waals surface area contributed by atoms with Gasteiger partial charge < -0.3 is 16.4 Å². The minimum absolute atomic E-state index is 0.381. The van der Waals surface area contributed by atoms with Gasteiger partial charge in [0, 0.05) is 24.2 Å². The van der Waals surface area contributed by atoms with Gasteiger partial charge in [0.25, 0.3) is 0 Å². The van der Waals surface area contributed by atoms with Crippen LogP contribution in [0.3, 0.4) is 0 Å². The summed E-state index contributed by atoms with van der Waals surface area (Å²) in [7, 11) is 0. The van der Waals surface area contributed by atoms with E-state index in [-0.39, 0.29) is 0 Å². The van der Waals surface area contributed by atoms with Crippen LogP contribution in [0.5, 0.6) is 0 Å². The van der Waals surface area contributed by atoms with E-state index in [0.717, 1.165) is 56.8 Å². The van der Waals surface area contributed by atoms with Gasteiger partial charge in [0.1, 0.15) is 5.82 Å². The fourth-order valence-electron chi connectivity index (χ4n) is 4.36. The summed E-state index contributed by atoms with van der Waals surface area (Å²) in [6.07, 6.45) is 6.77. The van der Waals surface area contributed by atoms with Crippen LogP contribution < -0.4 is 16.4 Å². The summed E-state index contributed by atoms with van der Waals surface area (Å²) in [6.45, 7) is 2.84. The van der Waals surface area contributed by atoms with Gasteiger partial charge in [-0.05, 0) is 56.6 Å². The summed E-state index contributed by atoms with van der Waals surface area (Å²) in [5, 5.41) is 0. The Bertz CT molecular complexity index is 756. The standard InChI is InChI=1S/C20H27N5/c21-11-10-14-5-4-12-25(13-14)19-17-9-3-7-15-6-1-2-8-16(15)18(17)23-20(22)24-19/h1-2,6,8,14H,3-5,7,9-13,21H2,(H2,22,23,24). The third-order valence-corrected chi connectivity index (χ3v) is 5.54. The second kappa shape index (κ2) is 7.00. The van der Waals surface area contributed by atoms with Crippen molar-refractivity contribution in [1.29, 1.82) is 0 Å². The molecule has 2 heterocycles. The van der Waals surface area contributed by atoms with Gasteiger partial charge in [0.15, 0.2) is 0 Å². The maximum atomic E-state index is 6.12. The average molecular weight is 337 g/mol. The van der Waals surface area contributed by atoms with Gasteiger partial charge in [-0.15, -0.1) is 0 Å². The fraction of sp³-hybridized carbons (Fsp3) is 0.500. The molecule has 5 nitrogen and oxygen atoms in total. The number of hydrogen-bond acceptors (Lipinski definition) is 5. The zero-order valence-corrected chi connectivity index (χ0v) is 14.7. The Balaban J connectivity index is 1.77. The largest absolute Gasteiger partial charge is 0.368 e. The lowest BCUT2D eigenvalue weighted by Crippen LogP contribution is -2.37. The molecule has 0 amide bonds. The van der Waals surface area contributed by atoms with Crippen molar-refractivity contribution in [1.82, 2.24) is 9.97 Å². The van der Waals surface area contributed by atoms with Crippen molar-refractivity contribution in [3.63, 3.8) is 0 Å². The molecule has 1 aliphatic heterocycles. The number of fused-ring (bicyclic) bond motifs is 3. The van der Waals surface area contributed by atoms with Crippen LogP contribution in [0.15, 0.2) is 24.3 Å². The van der Waals surface area contributed by atoms with E-state index in [0.29, 0.717) is 11.9 Å². The zero-order valence-electron chi connectivity index (χ0n) is 14.7. The highest BCUT2D eigenvalue weighted by molar-refractivity contribution is 5.74. The highest BCUT2D eigenvalue weighted by atomic mass is 15.2. The van der Waals surface area contributed by atoms with E-state index in [9.17, 15) is 0 Å². The van der Waals surface area contributed by atoms with Crippen LogP contribution in [0.2, 0.25) is 0 Å². The second-order valence-corrected chi connectivity index (χ2v) is 7.27. The Morgan fingerprint density at radius 1 is 1.12 bits per heavy atom. The maximum Gasteiger partial charge on any atom is 0.222 e. The van der Waals surface area contributed by atoms with E-state index in [1.165, 1.54) is 29.5 Å². The average Bonchev–Trinajstić information content (AvgIpc) is 2.81. The van der Waals surface area contributed by atoms with E-state index < -0.39 is 0 Å². The monoisotopic (exact) mass is 337 g/mol. The molecule has 0 spiro atoms. The van der Waals surface area contributed by atoms with Gasteiger partial charge in [0.05, 0.1) is 5.69 Å². The molecule has 5 heteroatoms. The second-order valence-electron chi connectivity index (χ2n) is 7.27. The number of rotatable bonds is 3. The number of piperidine rings is 1. The van der Waals surface area contributed by atoms with Crippen molar-refractivity contribution in [3.05, 3.63) is 35.4 Å². The number of benzene rings is 1. The molecular formula is C20H27N5. The highest BCUT2D eigenvalue weighted by Gasteiger charge is 2.26. The molecule has 0 saturated carbocycles. The molecule has 1 atom stereocenters. The van der Waals surface area contributed by atoms with Crippen molar-refractivity contribution in [2.45, 2.75) is 38.5 Å². The highest BCUT2D eigenvalue weighted by Crippen LogP contribution is 2.37. The topological polar surface area (TPSA) is 81.1 Å². The molecule has 2 aromatic rings. The molecule has 1 aliphatic carbocycles. The van der Waals surface area contributed by atoms with Gasteiger partial charge in [-0.1, -0.05) is 24.3 Å². The Labute approximate surface area is 149 Å². The lowest BCUT2D eigenvalue weighted by molar-refractivity contribution is 0.394. The molecule has 1 fully saturated rings. The number of nitrogens with zero attached hydrogens (tertiary/aromatic N) is 3. The molecule has 0 bridgehead atoms. The summed E-state index contributed by atoms with van der Waals surface area (Å²) < 4.78 is 0. The van der Waals surface area contributed by atoms with Crippen molar-refractivity contribution in [2.75, 3.05) is 30.3 Å². The number of hydrogen-bond donors (Lipinski definition) is 2. The van der Waals surface area contributed by atoms with Crippen molar-refractivity contribution in [2.24, 2.45) is 11.7 Å². The Kier molecular flexibility index (Phi) is 4.57. The molecule has 1 aromatic carbocycles. The Morgan fingerprint density at radius 2 is 2.00 bits per heavy atom. The van der Waals surface area contributed by atoms with Gasteiger partial charge in [0.2, 0.25) is 5.95 Å². The maximum absolute atomic E-state index is 6.12. The minimum atomic E-state index is 0.381. The number of nitrogen functional groups attached to an aromatic ring is 1. The van der Waals surface area contributed by atoms with E-state index in [2.05, 4.69) is 39.1 Å². The van der Waals surface area contributed by atoms with E-state index in [4.69, 9.17) is 11.5 Å². The van der Waals surface area contributed by atoms with Gasteiger partial charge >= 0.3 is 0 Å². The van der Waals surface area contributed by atoms with Crippen LogP contribution in [0, 0.1) is 5.92 Å². The van der Waals surface area contributed by atoms with Gasteiger partial charge in [-0.3, -0.25) is 0 Å². The summed E-state index contributed by atoms with van der Waals surface area (Å²) in [6, 6.07) is 8.57. The Morgan fingerprint density at radius 3 is 2.88 bits per heavy atom. The molecular weight excluding hydrogens is 310 g/mol. The molecule has 25 heavy (non-hydrogen) atoms. The van der Waals surface area contributed by atoms with Crippen molar-refractivity contribution in [3.8, 4) is 11.3 Å². The molecule has 1 unspecified atom stereocenters. The first-order valence-corrected chi connectivity index (χ1v) is 9.46. The number of nitrogens with two attached hydrogens (primary N) is 2. The quantitative estimate of drug-likeness (QED) is 0.900. The first-order valence-electron chi connectivity index (χ1n) is 9.46. The first-order chi connectivity index (χ1) is 12.3. The molecule has 2 aliphatic rings. The van der Waals surface area contributed by atoms with E-state index in [1.54, 1.807) is 0 Å². The van der Waals surface area contributed by atoms with Crippen LogP contribution in [-0.2, 0) is 12.8 Å². The summed E-state index contributed by atoms with van der Waals surface area (Å²) in [5.41, 5.74) is 16.8. The van der Waals surface area contributed by atoms with Crippen molar-refractivity contribution < 1.29 is 0 Å². The summed E-state index contributed by atoms with van der Waals surface area (Å²) in [4.78, 5) is 11.8. The summed E-state index contributed by atoms with van der Waals surface area (Å²) in [5.74, 6) is 2.09. The molecule has 4 N–H and O–H groups in total. The van der Waals surface area contributed by atoms with Gasteiger partial charge in [-0.25, -0.2) is 4.98 Å². The molecule has 4 rings (SSSR count). The van der Waals surface area contributed by atoms with Crippen LogP contribution >= 0.6 is 0 Å². The molecule has 1 aromatic heterocycles. The number of aromatic nitrogens is 2. The van der Waals surface area contributed by atoms with E-state index in [1.807, 2.05) is 0 Å². The SMILES string of the molecule is NCCC1CCCN(c2nc(N)nc3c2CCCc2ccccc2-3)C1. The third-order valence-electron chi connectivity index (χ3n) is 5.54. The van der Waals surface area contributed by atoms with Gasteiger partial charge in [-0.2, -0.15) is 4.98 Å². The molecule has 132 valence electrons. The van der Waals surface area contributed by atoms with Crippen LogP contribution in [0.1, 0.15) is 36.8 Å². The Hall–Kier alpha value is -2.14. The minimum Gasteiger partial charge on any atom is -0.368 e. The van der Waals surface area contributed by atoms with Crippen LogP contribution in [0.25, 0.3) is 11.3 Å². The van der Waals surface area contributed by atoms with E-state index >= 15 is 0 Å². The normalized spacial score (nSPS) is 19.9. The number of aryl methyl sites for hydroxylation is 1. The number of anilines is 2. The first kappa shape index (κ1) is 16.3. The molecule has 1 saturated heterocycles. The summed E-state index contributed by atoms with van der Waals surface area (Å²) >= 11 is 0. The third kappa shape index (κ3) is 3.21. The fourth-order valence-corrected chi connectivity index (χ4v) is 4.36. The molecule has 0 radical (unpaired) electrons. The zero-order chi connectivity index (χ0) is 17.2. The predicted molar refractivity (Wildman–Crippen MR) is 103 cm³/mol. The smallest absolute Gasteiger partial charge is 0.222 e. The van der Waals surface area contributed by atoms with Crippen LogP contribution in [-0.4, -0.2) is 29.6 Å².